The molecule has 0 aromatic heterocycles. The van der Waals surface area contributed by atoms with E-state index in [2.05, 4.69) is 5.32 Å². The van der Waals surface area contributed by atoms with Gasteiger partial charge in [0.2, 0.25) is 5.91 Å². The van der Waals surface area contributed by atoms with E-state index in [-0.39, 0.29) is 36.5 Å². The molecule has 3 saturated heterocycles. The maximum Gasteiger partial charge on any atom is 0.338 e. The normalized spacial score (nSPS) is 27.4. The van der Waals surface area contributed by atoms with E-state index in [0.717, 1.165) is 31.9 Å². The van der Waals surface area contributed by atoms with Gasteiger partial charge in [-0.3, -0.25) is 19.2 Å². The van der Waals surface area contributed by atoms with E-state index in [1.165, 1.54) is 57.4 Å². The van der Waals surface area contributed by atoms with E-state index in [1.807, 2.05) is 60.7 Å². The Hall–Kier alpha value is -7.93. The maximum atomic E-state index is 14.5. The zero-order valence-electron chi connectivity index (χ0n) is 47.0. The number of carbonyl (C=O) groups is 7. The topological polar surface area (TPSA) is 261 Å². The van der Waals surface area contributed by atoms with Crippen molar-refractivity contribution < 1.29 is 99.9 Å². The summed E-state index contributed by atoms with van der Waals surface area (Å²) >= 11 is 0. The third-order valence-electron chi connectivity index (χ3n) is 13.6. The maximum absolute atomic E-state index is 14.5. The van der Waals surface area contributed by atoms with Gasteiger partial charge in [0, 0.05) is 34.8 Å². The van der Waals surface area contributed by atoms with E-state index >= 15 is 0 Å². The van der Waals surface area contributed by atoms with Crippen molar-refractivity contribution >= 4 is 41.7 Å². The molecule has 22 heteroatoms. The van der Waals surface area contributed by atoms with Crippen LogP contribution in [0.25, 0.3) is 0 Å². The summed E-state index contributed by atoms with van der Waals surface area (Å²) in [5.41, 5.74) is 1.80. The van der Waals surface area contributed by atoms with Crippen molar-refractivity contribution in [2.24, 2.45) is 0 Å². The van der Waals surface area contributed by atoms with Gasteiger partial charge in [-0.1, -0.05) is 115 Å². The Morgan fingerprint density at radius 3 is 1.36 bits per heavy atom. The fourth-order valence-corrected chi connectivity index (χ4v) is 9.86. The molecule has 1 N–H and O–H groups in total. The number of carbonyl (C=O) groups excluding carboxylic acids is 7. The molecule has 8 rings (SSSR count). The number of rotatable bonds is 23. The van der Waals surface area contributed by atoms with Gasteiger partial charge in [0.25, 0.3) is 0 Å². The Labute approximate surface area is 485 Å². The quantitative estimate of drug-likeness (QED) is 0.0580. The lowest BCUT2D eigenvalue weighted by atomic mass is 9.94. The fraction of sp³-hybridized carbons (Fsp3) is 0.403. The number of ether oxygens (including phenoxy) is 14. The molecule has 0 saturated carbocycles. The van der Waals surface area contributed by atoms with Gasteiger partial charge in [0.15, 0.2) is 55.5 Å². The van der Waals surface area contributed by atoms with Crippen LogP contribution in [0, 0.1) is 0 Å². The van der Waals surface area contributed by atoms with Crippen LogP contribution in [-0.2, 0) is 98.7 Å². The zero-order valence-corrected chi connectivity index (χ0v) is 47.0. The SMILES string of the molecule is CO[C@H]1O[C@H](COCc2ccccc2)[C@@H](OCc2ccccc2)[C@H](O[C@@H]2O[C@H](COC(C)=O)[C@H](OC(C)=O)[C@H](OC(C)=O)[C@H]2O[C@@H]2O[C@@H](C)[C@H](OC(=O)c3ccccc3)[C@@H](OC(=O)c3ccccc3)[C@H]2OC(=O)c2ccccc2)[C@H]1NC(C)=O. The summed E-state index contributed by atoms with van der Waals surface area (Å²) in [7, 11) is 1.35. The number of hydrogen-bond donors (Lipinski definition) is 1. The van der Waals surface area contributed by atoms with Crippen LogP contribution in [0.5, 0.6) is 0 Å². The molecular weight excluding hydrogens is 1090 g/mol. The molecule has 5 aromatic rings. The van der Waals surface area contributed by atoms with Crippen molar-refractivity contribution in [1.29, 1.82) is 0 Å². The monoisotopic (exact) mass is 1160 g/mol. The van der Waals surface area contributed by atoms with Gasteiger partial charge in [0.1, 0.15) is 37.1 Å². The van der Waals surface area contributed by atoms with Crippen LogP contribution in [-0.4, -0.2) is 154 Å². The highest BCUT2D eigenvalue weighted by molar-refractivity contribution is 5.91. The molecular formula is C62H67NO21. The van der Waals surface area contributed by atoms with E-state index in [4.69, 9.17) is 66.3 Å². The third kappa shape index (κ3) is 16.7. The lowest BCUT2D eigenvalue weighted by Crippen LogP contribution is -2.70. The summed E-state index contributed by atoms with van der Waals surface area (Å²) in [4.78, 5) is 95.3. The summed E-state index contributed by atoms with van der Waals surface area (Å²) in [6.45, 7) is 5.40. The van der Waals surface area contributed by atoms with Crippen LogP contribution in [0.2, 0.25) is 0 Å². The molecule has 22 nitrogen and oxygen atoms in total. The zero-order chi connectivity index (χ0) is 59.7. The van der Waals surface area contributed by atoms with E-state index in [9.17, 15) is 33.6 Å². The second kappa shape index (κ2) is 30.1. The van der Waals surface area contributed by atoms with Gasteiger partial charge in [0.05, 0.1) is 42.6 Å². The highest BCUT2D eigenvalue weighted by Crippen LogP contribution is 2.39. The van der Waals surface area contributed by atoms with Crippen LogP contribution in [0.4, 0.5) is 0 Å². The van der Waals surface area contributed by atoms with Gasteiger partial charge < -0.3 is 71.6 Å². The standard InChI is InChI=1S/C62H67NO21/c1-36-49(80-57(68)43-26-16-9-17-27-43)53(81-58(69)44-28-18-10-19-29-44)55(82-59(70)45-30-20-11-21-31-45)61(75-36)84-56-54(77-40(5)67)51(76-39(4)66)47(35-73-38(3)65)79-62(56)83-52-48(63-37(2)64)60(71-6)78-46(34-72-32-41-22-12-7-13-23-41)50(52)74-33-42-24-14-8-15-25-42/h7-31,36,46-56,60-62H,32-35H2,1-6H3,(H,63,64)/t36-,46+,47+,48+,49-,50+,51-,52+,53+,54-,55+,56+,60-,61-,62-/m0/s1. The van der Waals surface area contributed by atoms with Crippen LogP contribution in [0.3, 0.4) is 0 Å². The van der Waals surface area contributed by atoms with Gasteiger partial charge in [-0.2, -0.15) is 0 Å². The van der Waals surface area contributed by atoms with Crippen LogP contribution in [0.1, 0.15) is 76.8 Å². The van der Waals surface area contributed by atoms with Gasteiger partial charge in [-0.15, -0.1) is 0 Å². The largest absolute Gasteiger partial charge is 0.463 e. The van der Waals surface area contributed by atoms with Crippen LogP contribution < -0.4 is 5.32 Å². The number of nitrogens with one attached hydrogen (secondary N) is 1. The third-order valence-corrected chi connectivity index (χ3v) is 13.6. The minimum atomic E-state index is -1.93. The average molecular weight is 1160 g/mol. The van der Waals surface area contributed by atoms with Crippen molar-refractivity contribution in [3.05, 3.63) is 179 Å². The van der Waals surface area contributed by atoms with Gasteiger partial charge >= 0.3 is 35.8 Å². The summed E-state index contributed by atoms with van der Waals surface area (Å²) in [5.74, 6) is -5.92. The summed E-state index contributed by atoms with van der Waals surface area (Å²) < 4.78 is 88.9. The molecule has 3 fully saturated rings. The Bertz CT molecular complexity index is 2960. The number of amides is 1. The Morgan fingerprint density at radius 2 is 0.857 bits per heavy atom. The van der Waals surface area contributed by atoms with Crippen molar-refractivity contribution in [2.75, 3.05) is 20.3 Å². The Kier molecular flexibility index (Phi) is 22.2. The molecule has 3 heterocycles. The minimum absolute atomic E-state index is 0.0316. The molecule has 0 bridgehead atoms. The molecule has 5 aromatic carbocycles. The first-order valence-corrected chi connectivity index (χ1v) is 27.2. The molecule has 1 amide bonds. The average Bonchev–Trinajstić information content (AvgIpc) is 3.31. The van der Waals surface area contributed by atoms with E-state index < -0.39 is 140 Å². The van der Waals surface area contributed by atoms with Crippen molar-refractivity contribution in [3.63, 3.8) is 0 Å². The highest BCUT2D eigenvalue weighted by atomic mass is 16.8. The van der Waals surface area contributed by atoms with E-state index in [1.54, 1.807) is 54.6 Å². The number of methoxy groups -OCH3 is 1. The fourth-order valence-electron chi connectivity index (χ4n) is 9.86. The minimum Gasteiger partial charge on any atom is -0.463 e. The smallest absolute Gasteiger partial charge is 0.338 e. The van der Waals surface area contributed by atoms with Crippen molar-refractivity contribution in [1.82, 2.24) is 5.32 Å². The first kappa shape index (κ1) is 62.1. The van der Waals surface area contributed by atoms with Gasteiger partial charge in [-0.25, -0.2) is 14.4 Å². The molecule has 84 heavy (non-hydrogen) atoms. The van der Waals surface area contributed by atoms with E-state index in [0.29, 0.717) is 0 Å². The number of benzene rings is 5. The number of esters is 6. The first-order valence-electron chi connectivity index (χ1n) is 27.2. The van der Waals surface area contributed by atoms with Gasteiger partial charge in [-0.05, 0) is 54.4 Å². The molecule has 3 aliphatic heterocycles. The molecule has 0 radical (unpaired) electrons. The molecule has 0 unspecified atom stereocenters. The van der Waals surface area contributed by atoms with Crippen molar-refractivity contribution in [2.45, 2.75) is 140 Å². The molecule has 0 aliphatic carbocycles. The first-order chi connectivity index (χ1) is 40.6. The molecule has 0 spiro atoms. The predicted molar refractivity (Wildman–Crippen MR) is 292 cm³/mol. The highest BCUT2D eigenvalue weighted by Gasteiger charge is 2.59. The van der Waals surface area contributed by atoms with Crippen LogP contribution >= 0.6 is 0 Å². The second-order valence-corrected chi connectivity index (χ2v) is 19.9. The summed E-state index contributed by atoms with van der Waals surface area (Å²) in [6, 6.07) is 40.8. The molecule has 3 aliphatic rings. The van der Waals surface area contributed by atoms with Crippen LogP contribution in [0.15, 0.2) is 152 Å². The lowest BCUT2D eigenvalue weighted by molar-refractivity contribution is -0.381. The lowest BCUT2D eigenvalue weighted by Gasteiger charge is -2.51. The Balaban J connectivity index is 1.27. The Morgan fingerprint density at radius 1 is 0.429 bits per heavy atom. The molecule has 446 valence electrons. The predicted octanol–water partition coefficient (Wildman–Crippen LogP) is 6.01. The number of hydrogen-bond acceptors (Lipinski definition) is 21. The summed E-state index contributed by atoms with van der Waals surface area (Å²) in [6.07, 6.45) is -22.0. The summed E-state index contributed by atoms with van der Waals surface area (Å²) in [5, 5.41) is 2.87. The molecule has 15 atom stereocenters. The second-order valence-electron chi connectivity index (χ2n) is 19.9. The van der Waals surface area contributed by atoms with Crippen molar-refractivity contribution in [3.8, 4) is 0 Å².